The van der Waals surface area contributed by atoms with E-state index in [1.807, 2.05) is 32.2 Å². The zero-order valence-electron chi connectivity index (χ0n) is 19.1. The van der Waals surface area contributed by atoms with Crippen LogP contribution in [0, 0.1) is 0 Å². The Morgan fingerprint density at radius 1 is 0.812 bits per heavy atom. The van der Waals surface area contributed by atoms with Crippen LogP contribution in [0.2, 0.25) is 0 Å². The Kier molecular flexibility index (Phi) is 9.02. The van der Waals surface area contributed by atoms with Crippen LogP contribution in [-0.4, -0.2) is 32.1 Å². The Morgan fingerprint density at radius 2 is 1.28 bits per heavy atom. The lowest BCUT2D eigenvalue weighted by molar-refractivity contribution is -0.121. The van der Waals surface area contributed by atoms with Gasteiger partial charge in [0.05, 0.1) is 6.61 Å². The molecule has 32 heavy (non-hydrogen) atoms. The summed E-state index contributed by atoms with van der Waals surface area (Å²) in [5, 5.41) is 6.22. The molecular weight excluding hydrogens is 396 g/mol. The third-order valence-corrected chi connectivity index (χ3v) is 5.83. The summed E-state index contributed by atoms with van der Waals surface area (Å²) < 4.78 is 6.83. The van der Waals surface area contributed by atoms with Gasteiger partial charge in [0.15, 0.2) is 0 Å². The number of hydrogen-bond acceptors (Lipinski definition) is 3. The maximum absolute atomic E-state index is 11.9. The molecule has 0 aliphatic heterocycles. The van der Waals surface area contributed by atoms with Gasteiger partial charge in [0.1, 0.15) is 5.60 Å². The van der Waals surface area contributed by atoms with E-state index in [-0.39, 0.29) is 11.9 Å². The largest absolute Gasteiger partial charge is 0.361 e. The number of carbonyl (C=O) groups excluding carboxylic acids is 1. The molecule has 4 heteroatoms. The van der Waals surface area contributed by atoms with Gasteiger partial charge in [-0.3, -0.25) is 4.79 Å². The summed E-state index contributed by atoms with van der Waals surface area (Å²) in [7, 11) is 1.95. The van der Waals surface area contributed by atoms with Crippen molar-refractivity contribution in [1.82, 2.24) is 10.6 Å². The van der Waals surface area contributed by atoms with Crippen LogP contribution in [-0.2, 0) is 15.1 Å². The Balaban J connectivity index is 1.87. The number of carbonyl (C=O) groups is 1. The molecule has 0 aliphatic carbocycles. The monoisotopic (exact) mass is 430 g/mol. The van der Waals surface area contributed by atoms with Crippen LogP contribution in [0.25, 0.3) is 0 Å². The van der Waals surface area contributed by atoms with Crippen molar-refractivity contribution in [3.8, 4) is 0 Å². The number of benzene rings is 3. The van der Waals surface area contributed by atoms with Gasteiger partial charge in [-0.25, -0.2) is 0 Å². The van der Waals surface area contributed by atoms with Crippen molar-refractivity contribution in [3.63, 3.8) is 0 Å². The van der Waals surface area contributed by atoms with Crippen LogP contribution < -0.4 is 10.6 Å². The molecule has 0 saturated heterocycles. The smallest absolute Gasteiger partial charge is 0.220 e. The Labute approximate surface area is 192 Å². The number of nitrogens with one attached hydrogen (secondary N) is 2. The first-order chi connectivity index (χ1) is 15.7. The van der Waals surface area contributed by atoms with E-state index in [0.29, 0.717) is 19.6 Å². The highest BCUT2D eigenvalue weighted by atomic mass is 16.5. The van der Waals surface area contributed by atoms with Crippen LogP contribution in [0.3, 0.4) is 0 Å². The molecule has 0 saturated carbocycles. The fourth-order valence-corrected chi connectivity index (χ4v) is 4.15. The molecule has 1 atom stereocenters. The Morgan fingerprint density at radius 3 is 1.69 bits per heavy atom. The van der Waals surface area contributed by atoms with Gasteiger partial charge in [-0.05, 0) is 43.5 Å². The maximum Gasteiger partial charge on any atom is 0.220 e. The predicted molar refractivity (Wildman–Crippen MR) is 131 cm³/mol. The van der Waals surface area contributed by atoms with Gasteiger partial charge in [-0.1, -0.05) is 91.0 Å². The summed E-state index contributed by atoms with van der Waals surface area (Å²) in [6, 6.07) is 31.4. The van der Waals surface area contributed by atoms with Crippen LogP contribution in [0.15, 0.2) is 91.0 Å². The summed E-state index contributed by atoms with van der Waals surface area (Å²) >= 11 is 0. The van der Waals surface area contributed by atoms with Gasteiger partial charge < -0.3 is 15.4 Å². The highest BCUT2D eigenvalue weighted by Crippen LogP contribution is 2.40. The zero-order chi connectivity index (χ0) is 22.7. The number of rotatable bonds is 12. The molecule has 0 heterocycles. The molecular formula is C28H34N2O2. The molecule has 0 bridgehead atoms. The third-order valence-electron chi connectivity index (χ3n) is 5.83. The molecule has 168 valence electrons. The SMILES string of the molecule is CCNC(=O)CC[C@@H](CCOC(c1ccccc1)(c1ccccc1)c1ccccc1)NC. The highest BCUT2D eigenvalue weighted by Gasteiger charge is 2.37. The van der Waals surface area contributed by atoms with E-state index < -0.39 is 5.60 Å². The molecule has 3 aromatic rings. The summed E-state index contributed by atoms with van der Waals surface area (Å²) in [6.07, 6.45) is 2.10. The van der Waals surface area contributed by atoms with Crippen molar-refractivity contribution in [2.24, 2.45) is 0 Å². The minimum absolute atomic E-state index is 0.0980. The normalized spacial score (nSPS) is 12.3. The topological polar surface area (TPSA) is 50.4 Å². The lowest BCUT2D eigenvalue weighted by Gasteiger charge is -2.36. The van der Waals surface area contributed by atoms with Crippen molar-refractivity contribution >= 4 is 5.91 Å². The molecule has 0 unspecified atom stereocenters. The van der Waals surface area contributed by atoms with E-state index in [1.165, 1.54) is 0 Å². The highest BCUT2D eigenvalue weighted by molar-refractivity contribution is 5.75. The lowest BCUT2D eigenvalue weighted by atomic mass is 9.80. The Bertz CT molecular complexity index is 833. The van der Waals surface area contributed by atoms with E-state index in [4.69, 9.17) is 4.74 Å². The quantitative estimate of drug-likeness (QED) is 0.402. The second-order valence-corrected chi connectivity index (χ2v) is 7.89. The van der Waals surface area contributed by atoms with Gasteiger partial charge in [-0.2, -0.15) is 0 Å². The fraction of sp³-hybridized carbons (Fsp3) is 0.321. The van der Waals surface area contributed by atoms with Gasteiger partial charge in [0.2, 0.25) is 5.91 Å². The second kappa shape index (κ2) is 12.2. The summed E-state index contributed by atoms with van der Waals surface area (Å²) in [4.78, 5) is 11.9. The Hall–Kier alpha value is -2.95. The second-order valence-electron chi connectivity index (χ2n) is 7.89. The minimum atomic E-state index is -0.707. The molecule has 3 aromatic carbocycles. The van der Waals surface area contributed by atoms with E-state index in [1.54, 1.807) is 0 Å². The fourth-order valence-electron chi connectivity index (χ4n) is 4.15. The van der Waals surface area contributed by atoms with Gasteiger partial charge in [-0.15, -0.1) is 0 Å². The van der Waals surface area contributed by atoms with Crippen molar-refractivity contribution in [1.29, 1.82) is 0 Å². The first kappa shape index (κ1) is 23.7. The standard InChI is InChI=1S/C28H34N2O2/c1-3-30-27(31)20-19-26(29-2)21-22-32-28(23-13-7-4-8-14-23,24-15-9-5-10-16-24)25-17-11-6-12-18-25/h4-18,26,29H,3,19-22H2,1-2H3,(H,30,31)/t26-/m0/s1. The molecule has 4 nitrogen and oxygen atoms in total. The van der Waals surface area contributed by atoms with E-state index in [2.05, 4.69) is 83.4 Å². The summed E-state index contributed by atoms with van der Waals surface area (Å²) in [6.45, 7) is 3.16. The average Bonchev–Trinajstić information content (AvgIpc) is 2.86. The zero-order valence-corrected chi connectivity index (χ0v) is 19.1. The first-order valence-corrected chi connectivity index (χ1v) is 11.4. The lowest BCUT2D eigenvalue weighted by Crippen LogP contribution is -2.35. The van der Waals surface area contributed by atoms with E-state index >= 15 is 0 Å². The van der Waals surface area contributed by atoms with Gasteiger partial charge >= 0.3 is 0 Å². The van der Waals surface area contributed by atoms with Crippen molar-refractivity contribution in [2.75, 3.05) is 20.2 Å². The number of hydrogen-bond donors (Lipinski definition) is 2. The summed E-state index contributed by atoms with van der Waals surface area (Å²) in [5.41, 5.74) is 2.59. The molecule has 0 aromatic heterocycles. The van der Waals surface area contributed by atoms with E-state index in [9.17, 15) is 4.79 Å². The molecule has 1 amide bonds. The van der Waals surface area contributed by atoms with Crippen molar-refractivity contribution < 1.29 is 9.53 Å². The van der Waals surface area contributed by atoms with Crippen molar-refractivity contribution in [3.05, 3.63) is 108 Å². The van der Waals surface area contributed by atoms with Crippen molar-refractivity contribution in [2.45, 2.75) is 37.8 Å². The van der Waals surface area contributed by atoms with Crippen LogP contribution in [0.4, 0.5) is 0 Å². The predicted octanol–water partition coefficient (Wildman–Crippen LogP) is 4.89. The number of amides is 1. The van der Waals surface area contributed by atoms with Crippen LogP contribution >= 0.6 is 0 Å². The summed E-state index contributed by atoms with van der Waals surface area (Å²) in [5.74, 6) is 0.0980. The minimum Gasteiger partial charge on any atom is -0.361 e. The van der Waals surface area contributed by atoms with Gasteiger partial charge in [0.25, 0.3) is 0 Å². The van der Waals surface area contributed by atoms with Crippen LogP contribution in [0.5, 0.6) is 0 Å². The molecule has 0 spiro atoms. The molecule has 3 rings (SSSR count). The third kappa shape index (κ3) is 5.84. The molecule has 0 aliphatic rings. The first-order valence-electron chi connectivity index (χ1n) is 11.4. The molecule has 0 radical (unpaired) electrons. The van der Waals surface area contributed by atoms with E-state index in [0.717, 1.165) is 29.5 Å². The number of ether oxygens (including phenoxy) is 1. The maximum atomic E-state index is 11.9. The molecule has 2 N–H and O–H groups in total. The average molecular weight is 431 g/mol. The molecule has 0 fully saturated rings. The van der Waals surface area contributed by atoms with Gasteiger partial charge in [0, 0.05) is 19.0 Å². The van der Waals surface area contributed by atoms with Crippen LogP contribution in [0.1, 0.15) is 42.9 Å².